The molecule has 0 aliphatic rings. The van der Waals surface area contributed by atoms with Crippen LogP contribution < -0.4 is 10.6 Å². The first-order valence-electron chi connectivity index (χ1n) is 9.32. The van der Waals surface area contributed by atoms with Crippen LogP contribution in [0.4, 0.5) is 4.39 Å². The number of halogens is 1. The average Bonchev–Trinajstić information content (AvgIpc) is 2.72. The second-order valence-corrected chi connectivity index (χ2v) is 7.92. The number of hydrogen-bond donors (Lipinski definition) is 2. The van der Waals surface area contributed by atoms with Gasteiger partial charge in [-0.1, -0.05) is 32.0 Å². The predicted molar refractivity (Wildman–Crippen MR) is 113 cm³/mol. The van der Waals surface area contributed by atoms with Crippen molar-refractivity contribution in [2.75, 3.05) is 12.3 Å². The molecule has 0 bridgehead atoms. The van der Waals surface area contributed by atoms with Gasteiger partial charge in [0.1, 0.15) is 11.9 Å². The van der Waals surface area contributed by atoms with E-state index in [2.05, 4.69) is 16.7 Å². The molecular weight excluding hydrogens is 389 g/mol. The van der Waals surface area contributed by atoms with Gasteiger partial charge in [-0.05, 0) is 41.8 Å². The van der Waals surface area contributed by atoms with Crippen molar-refractivity contribution < 1.29 is 14.0 Å². The van der Waals surface area contributed by atoms with E-state index in [1.165, 1.54) is 24.3 Å². The maximum absolute atomic E-state index is 13.0. The number of nitrogens with one attached hydrogen (secondary N) is 2. The van der Waals surface area contributed by atoms with Crippen LogP contribution in [0.25, 0.3) is 0 Å². The SMILES string of the molecule is CC(C)[C@H](NC(=O)c1ccc(F)cc1)C(=O)NCCSCc1ccccc1C#N. The van der Waals surface area contributed by atoms with Crippen LogP contribution in [-0.4, -0.2) is 30.2 Å². The van der Waals surface area contributed by atoms with Crippen molar-refractivity contribution in [2.24, 2.45) is 5.92 Å². The number of amides is 2. The summed E-state index contributed by atoms with van der Waals surface area (Å²) in [6, 6.07) is 14.1. The van der Waals surface area contributed by atoms with E-state index < -0.39 is 17.8 Å². The third-order valence-electron chi connectivity index (χ3n) is 4.28. The Kier molecular flexibility index (Phi) is 8.68. The topological polar surface area (TPSA) is 82.0 Å². The second kappa shape index (κ2) is 11.2. The summed E-state index contributed by atoms with van der Waals surface area (Å²) in [5, 5.41) is 14.7. The zero-order valence-electron chi connectivity index (χ0n) is 16.4. The Bertz CT molecular complexity index is 878. The van der Waals surface area contributed by atoms with Crippen molar-refractivity contribution in [2.45, 2.75) is 25.6 Å². The second-order valence-electron chi connectivity index (χ2n) is 6.81. The summed E-state index contributed by atoms with van der Waals surface area (Å²) in [7, 11) is 0. The summed E-state index contributed by atoms with van der Waals surface area (Å²) in [4.78, 5) is 24.8. The molecule has 2 aromatic rings. The van der Waals surface area contributed by atoms with Crippen LogP contribution in [0.5, 0.6) is 0 Å². The minimum Gasteiger partial charge on any atom is -0.353 e. The van der Waals surface area contributed by atoms with Crippen LogP contribution in [0.1, 0.15) is 35.3 Å². The van der Waals surface area contributed by atoms with E-state index in [0.29, 0.717) is 29.2 Å². The minimum absolute atomic E-state index is 0.102. The first kappa shape index (κ1) is 22.4. The Morgan fingerprint density at radius 1 is 1.14 bits per heavy atom. The molecule has 0 fully saturated rings. The van der Waals surface area contributed by atoms with Gasteiger partial charge >= 0.3 is 0 Å². The van der Waals surface area contributed by atoms with Crippen LogP contribution in [-0.2, 0) is 10.5 Å². The first-order valence-corrected chi connectivity index (χ1v) is 10.5. The first-order chi connectivity index (χ1) is 13.9. The average molecular weight is 414 g/mol. The lowest BCUT2D eigenvalue weighted by atomic mass is 10.0. The molecule has 29 heavy (non-hydrogen) atoms. The normalized spacial score (nSPS) is 11.6. The van der Waals surface area contributed by atoms with Gasteiger partial charge in [-0.15, -0.1) is 0 Å². The van der Waals surface area contributed by atoms with Crippen molar-refractivity contribution in [3.8, 4) is 6.07 Å². The fourth-order valence-corrected chi connectivity index (χ4v) is 3.52. The van der Waals surface area contributed by atoms with Gasteiger partial charge in [0.2, 0.25) is 5.91 Å². The van der Waals surface area contributed by atoms with Crippen LogP contribution in [0.2, 0.25) is 0 Å². The standard InChI is InChI=1S/C22H24FN3O2S/c1-15(2)20(26-21(27)16-7-9-19(23)10-8-16)22(28)25-11-12-29-14-18-6-4-3-5-17(18)13-24/h3-10,15,20H,11-12,14H2,1-2H3,(H,25,28)(H,26,27)/t20-/m0/s1. The van der Waals surface area contributed by atoms with E-state index in [1.807, 2.05) is 32.0 Å². The fourth-order valence-electron chi connectivity index (χ4n) is 2.65. The molecule has 0 radical (unpaired) electrons. The molecule has 1 atom stereocenters. The van der Waals surface area contributed by atoms with E-state index in [0.717, 1.165) is 5.56 Å². The number of carbonyl (C=O) groups excluding carboxylic acids is 2. The van der Waals surface area contributed by atoms with Gasteiger partial charge in [0, 0.05) is 23.6 Å². The molecule has 0 aromatic heterocycles. The van der Waals surface area contributed by atoms with Crippen molar-refractivity contribution in [1.29, 1.82) is 5.26 Å². The maximum atomic E-state index is 13.0. The summed E-state index contributed by atoms with van der Waals surface area (Å²) in [5.41, 5.74) is 1.93. The summed E-state index contributed by atoms with van der Waals surface area (Å²) >= 11 is 1.62. The van der Waals surface area contributed by atoms with Gasteiger partial charge < -0.3 is 10.6 Å². The lowest BCUT2D eigenvalue weighted by Crippen LogP contribution is -2.50. The van der Waals surface area contributed by atoms with Gasteiger partial charge in [-0.3, -0.25) is 9.59 Å². The smallest absolute Gasteiger partial charge is 0.251 e. The van der Waals surface area contributed by atoms with Gasteiger partial charge in [-0.25, -0.2) is 4.39 Å². The molecule has 0 aliphatic heterocycles. The van der Waals surface area contributed by atoms with Crippen molar-refractivity contribution in [3.63, 3.8) is 0 Å². The minimum atomic E-state index is -0.683. The Balaban J connectivity index is 1.81. The largest absolute Gasteiger partial charge is 0.353 e. The molecule has 2 amide bonds. The fraction of sp³-hybridized carbons (Fsp3) is 0.318. The van der Waals surface area contributed by atoms with E-state index >= 15 is 0 Å². The van der Waals surface area contributed by atoms with Crippen LogP contribution in [0.3, 0.4) is 0 Å². The molecule has 2 N–H and O–H groups in total. The third-order valence-corrected chi connectivity index (χ3v) is 5.29. The zero-order chi connectivity index (χ0) is 21.2. The van der Waals surface area contributed by atoms with Crippen molar-refractivity contribution in [1.82, 2.24) is 10.6 Å². The lowest BCUT2D eigenvalue weighted by Gasteiger charge is -2.21. The number of rotatable bonds is 9. The molecule has 0 saturated carbocycles. The highest BCUT2D eigenvalue weighted by Gasteiger charge is 2.24. The molecule has 2 rings (SSSR count). The third kappa shape index (κ3) is 6.91. The van der Waals surface area contributed by atoms with E-state index in [4.69, 9.17) is 5.26 Å². The summed E-state index contributed by atoms with van der Waals surface area (Å²) < 4.78 is 13.0. The monoisotopic (exact) mass is 413 g/mol. The van der Waals surface area contributed by atoms with Crippen LogP contribution >= 0.6 is 11.8 Å². The predicted octanol–water partition coefficient (Wildman–Crippen LogP) is 3.50. The summed E-state index contributed by atoms with van der Waals surface area (Å²) in [6.45, 7) is 4.15. The lowest BCUT2D eigenvalue weighted by molar-refractivity contribution is -0.123. The van der Waals surface area contributed by atoms with E-state index in [1.54, 1.807) is 17.8 Å². The molecule has 2 aromatic carbocycles. The number of benzene rings is 2. The van der Waals surface area contributed by atoms with Crippen molar-refractivity contribution in [3.05, 3.63) is 71.0 Å². The molecule has 7 heteroatoms. The summed E-state index contributed by atoms with van der Waals surface area (Å²) in [6.07, 6.45) is 0. The molecular formula is C22H24FN3O2S. The molecule has 0 spiro atoms. The van der Waals surface area contributed by atoms with E-state index in [9.17, 15) is 14.0 Å². The van der Waals surface area contributed by atoms with Gasteiger partial charge in [-0.2, -0.15) is 17.0 Å². The number of nitriles is 1. The Labute approximate surface area is 174 Å². The van der Waals surface area contributed by atoms with E-state index in [-0.39, 0.29) is 11.8 Å². The van der Waals surface area contributed by atoms with Crippen molar-refractivity contribution >= 4 is 23.6 Å². The zero-order valence-corrected chi connectivity index (χ0v) is 17.3. The van der Waals surface area contributed by atoms with Gasteiger partial charge in [0.25, 0.3) is 5.91 Å². The van der Waals surface area contributed by atoms with Gasteiger partial charge in [0.15, 0.2) is 0 Å². The Morgan fingerprint density at radius 3 is 2.48 bits per heavy atom. The highest BCUT2D eigenvalue weighted by Crippen LogP contribution is 2.15. The summed E-state index contributed by atoms with van der Waals surface area (Å²) in [5.74, 6) is 0.176. The highest BCUT2D eigenvalue weighted by molar-refractivity contribution is 7.98. The number of hydrogen-bond acceptors (Lipinski definition) is 4. The quantitative estimate of drug-likeness (QED) is 0.617. The molecule has 0 saturated heterocycles. The highest BCUT2D eigenvalue weighted by atomic mass is 32.2. The number of nitrogens with zero attached hydrogens (tertiary/aromatic N) is 1. The molecule has 152 valence electrons. The molecule has 0 aliphatic carbocycles. The number of carbonyl (C=O) groups is 2. The molecule has 0 unspecified atom stereocenters. The molecule has 5 nitrogen and oxygen atoms in total. The maximum Gasteiger partial charge on any atom is 0.251 e. The van der Waals surface area contributed by atoms with Crippen LogP contribution in [0.15, 0.2) is 48.5 Å². The Morgan fingerprint density at radius 2 is 1.83 bits per heavy atom. The Hall–Kier alpha value is -2.85. The van der Waals surface area contributed by atoms with Crippen LogP contribution in [0, 0.1) is 23.1 Å². The number of thioether (sulfide) groups is 1. The van der Waals surface area contributed by atoms with Gasteiger partial charge in [0.05, 0.1) is 11.6 Å². The molecule has 0 heterocycles.